The van der Waals surface area contributed by atoms with Crippen LogP contribution in [0.1, 0.15) is 31.4 Å². The maximum absolute atomic E-state index is 14.6. The number of fused-ring (bicyclic) bond motifs is 1. The molecule has 2 aliphatic heterocycles. The van der Waals surface area contributed by atoms with E-state index in [1.165, 1.54) is 6.20 Å². The van der Waals surface area contributed by atoms with Crippen molar-refractivity contribution >= 4 is 17.5 Å². The van der Waals surface area contributed by atoms with Crippen LogP contribution in [-0.4, -0.2) is 62.9 Å². The molecular formula is C22H27FN8. The number of nitrogens with zero attached hydrogens (tertiary/aromatic N) is 7. The Bertz CT molecular complexity index is 1060. The first kappa shape index (κ1) is 19.9. The summed E-state index contributed by atoms with van der Waals surface area (Å²) in [5.74, 6) is 0.818. The highest BCUT2D eigenvalue weighted by atomic mass is 19.1. The molecule has 162 valence electrons. The van der Waals surface area contributed by atoms with Gasteiger partial charge in [0, 0.05) is 38.3 Å². The van der Waals surface area contributed by atoms with Gasteiger partial charge in [-0.25, -0.2) is 19.3 Å². The fourth-order valence-electron chi connectivity index (χ4n) is 4.40. The van der Waals surface area contributed by atoms with Gasteiger partial charge in [0.15, 0.2) is 5.82 Å². The molecule has 5 heterocycles. The van der Waals surface area contributed by atoms with Crippen molar-refractivity contribution in [2.45, 2.75) is 32.2 Å². The van der Waals surface area contributed by atoms with Crippen LogP contribution < -0.4 is 10.2 Å². The van der Waals surface area contributed by atoms with Crippen molar-refractivity contribution in [3.63, 3.8) is 0 Å². The van der Waals surface area contributed by atoms with Crippen LogP contribution in [0, 0.1) is 5.82 Å². The molecule has 1 atom stereocenters. The lowest BCUT2D eigenvalue weighted by atomic mass is 9.94. The number of halogens is 1. The Kier molecular flexibility index (Phi) is 5.27. The van der Waals surface area contributed by atoms with E-state index in [4.69, 9.17) is 0 Å². The lowest BCUT2D eigenvalue weighted by Crippen LogP contribution is -2.44. The number of rotatable bonds is 4. The standard InChI is InChI=1S/C22H27FN8/c1-15-4-3-7-31-21(15)17(13-26-31)20-18(23)14-25-22(28-20)27-19-6-5-16(12-24-19)30-10-8-29(2)9-11-30/h5-6,12-15H,3-4,7-11H2,1-2H3,(H,24,25,27,28)/t15-/m0/s1. The van der Waals surface area contributed by atoms with Crippen LogP contribution in [0.2, 0.25) is 0 Å². The van der Waals surface area contributed by atoms with E-state index in [9.17, 15) is 4.39 Å². The first-order chi connectivity index (χ1) is 15.1. The maximum atomic E-state index is 14.6. The minimum Gasteiger partial charge on any atom is -0.368 e. The molecule has 0 spiro atoms. The van der Waals surface area contributed by atoms with Crippen molar-refractivity contribution in [1.29, 1.82) is 0 Å². The van der Waals surface area contributed by atoms with Crippen LogP contribution in [0.4, 0.5) is 21.8 Å². The summed E-state index contributed by atoms with van der Waals surface area (Å²) in [6, 6.07) is 3.95. The Hall–Kier alpha value is -3.07. The molecule has 9 heteroatoms. The van der Waals surface area contributed by atoms with Gasteiger partial charge in [-0.2, -0.15) is 5.10 Å². The number of aryl methyl sites for hydroxylation is 1. The Morgan fingerprint density at radius 3 is 2.65 bits per heavy atom. The topological polar surface area (TPSA) is 75.0 Å². The van der Waals surface area contributed by atoms with Crippen molar-refractivity contribution in [3.05, 3.63) is 42.2 Å². The van der Waals surface area contributed by atoms with Crippen LogP contribution in [0.3, 0.4) is 0 Å². The minimum absolute atomic E-state index is 0.279. The van der Waals surface area contributed by atoms with E-state index < -0.39 is 5.82 Å². The molecule has 0 aliphatic carbocycles. The Labute approximate surface area is 181 Å². The predicted molar refractivity (Wildman–Crippen MR) is 118 cm³/mol. The molecule has 1 fully saturated rings. The van der Waals surface area contributed by atoms with Gasteiger partial charge in [-0.3, -0.25) is 4.68 Å². The number of anilines is 3. The van der Waals surface area contributed by atoms with Crippen LogP contribution in [0.15, 0.2) is 30.7 Å². The molecule has 31 heavy (non-hydrogen) atoms. The summed E-state index contributed by atoms with van der Waals surface area (Å²) in [5, 5.41) is 7.55. The van der Waals surface area contributed by atoms with Crippen molar-refractivity contribution in [2.75, 3.05) is 43.4 Å². The third-order valence-corrected chi connectivity index (χ3v) is 6.21. The molecule has 8 nitrogen and oxygen atoms in total. The van der Waals surface area contributed by atoms with Crippen molar-refractivity contribution in [1.82, 2.24) is 29.6 Å². The number of likely N-dealkylation sites (N-methyl/N-ethyl adjacent to an activating group) is 1. The molecule has 2 aliphatic rings. The molecule has 0 saturated carbocycles. The number of piperazine rings is 1. The van der Waals surface area contributed by atoms with E-state index in [2.05, 4.69) is 49.1 Å². The van der Waals surface area contributed by atoms with Crippen LogP contribution in [0.25, 0.3) is 11.3 Å². The second kappa shape index (κ2) is 8.22. The molecular weight excluding hydrogens is 395 g/mol. The summed E-state index contributed by atoms with van der Waals surface area (Å²) in [4.78, 5) is 17.7. The number of nitrogens with one attached hydrogen (secondary N) is 1. The molecule has 0 unspecified atom stereocenters. The van der Waals surface area contributed by atoms with E-state index >= 15 is 0 Å². The molecule has 3 aromatic rings. The SMILES string of the molecule is C[C@H]1CCCn2ncc(-c3nc(Nc4ccc(N5CCN(C)CC5)cn4)ncc3F)c21. The summed E-state index contributed by atoms with van der Waals surface area (Å²) >= 11 is 0. The summed E-state index contributed by atoms with van der Waals surface area (Å²) in [6.45, 7) is 7.09. The average Bonchev–Trinajstić information content (AvgIpc) is 3.22. The molecule has 1 saturated heterocycles. The second-order valence-electron chi connectivity index (χ2n) is 8.42. The van der Waals surface area contributed by atoms with Gasteiger partial charge < -0.3 is 15.1 Å². The van der Waals surface area contributed by atoms with Crippen molar-refractivity contribution in [2.24, 2.45) is 0 Å². The Morgan fingerprint density at radius 1 is 1.03 bits per heavy atom. The Morgan fingerprint density at radius 2 is 1.87 bits per heavy atom. The van der Waals surface area contributed by atoms with Gasteiger partial charge in [0.25, 0.3) is 0 Å². The number of hydrogen-bond donors (Lipinski definition) is 1. The molecule has 0 aromatic carbocycles. The quantitative estimate of drug-likeness (QED) is 0.692. The van der Waals surface area contributed by atoms with Gasteiger partial charge in [0.1, 0.15) is 11.5 Å². The van der Waals surface area contributed by atoms with Gasteiger partial charge in [-0.1, -0.05) is 6.92 Å². The van der Waals surface area contributed by atoms with Crippen molar-refractivity contribution in [3.8, 4) is 11.3 Å². The fourth-order valence-corrected chi connectivity index (χ4v) is 4.40. The largest absolute Gasteiger partial charge is 0.368 e. The summed E-state index contributed by atoms with van der Waals surface area (Å²) < 4.78 is 16.6. The lowest BCUT2D eigenvalue weighted by Gasteiger charge is -2.33. The minimum atomic E-state index is -0.447. The van der Waals surface area contributed by atoms with E-state index in [1.54, 1.807) is 6.20 Å². The molecule has 1 N–H and O–H groups in total. The molecule has 0 radical (unpaired) electrons. The molecule has 0 bridgehead atoms. The second-order valence-corrected chi connectivity index (χ2v) is 8.42. The van der Waals surface area contributed by atoms with Gasteiger partial charge in [-0.05, 0) is 37.9 Å². The highest BCUT2D eigenvalue weighted by Crippen LogP contribution is 2.35. The van der Waals surface area contributed by atoms with Crippen LogP contribution >= 0.6 is 0 Å². The summed E-state index contributed by atoms with van der Waals surface area (Å²) in [5.41, 5.74) is 3.17. The first-order valence-corrected chi connectivity index (χ1v) is 10.8. The zero-order valence-electron chi connectivity index (χ0n) is 17.9. The summed E-state index contributed by atoms with van der Waals surface area (Å²) in [6.07, 6.45) is 6.94. The van der Waals surface area contributed by atoms with E-state index in [0.29, 0.717) is 17.7 Å². The smallest absolute Gasteiger partial charge is 0.229 e. The van der Waals surface area contributed by atoms with Gasteiger partial charge >= 0.3 is 0 Å². The lowest BCUT2D eigenvalue weighted by molar-refractivity contribution is 0.313. The first-order valence-electron chi connectivity index (χ1n) is 10.8. The number of pyridine rings is 1. The monoisotopic (exact) mass is 422 g/mol. The van der Waals surface area contributed by atoms with E-state index in [-0.39, 0.29) is 5.69 Å². The third kappa shape index (κ3) is 3.97. The molecule has 0 amide bonds. The highest BCUT2D eigenvalue weighted by molar-refractivity contribution is 5.65. The molecule has 5 rings (SSSR count). The number of hydrogen-bond acceptors (Lipinski definition) is 7. The summed E-state index contributed by atoms with van der Waals surface area (Å²) in [7, 11) is 2.14. The van der Waals surface area contributed by atoms with Crippen molar-refractivity contribution < 1.29 is 4.39 Å². The zero-order chi connectivity index (χ0) is 21.4. The maximum Gasteiger partial charge on any atom is 0.229 e. The third-order valence-electron chi connectivity index (χ3n) is 6.21. The van der Waals surface area contributed by atoms with Crippen LogP contribution in [0.5, 0.6) is 0 Å². The highest BCUT2D eigenvalue weighted by Gasteiger charge is 2.25. The normalized spacial score (nSPS) is 19.3. The van der Waals surface area contributed by atoms with Crippen LogP contribution in [-0.2, 0) is 6.54 Å². The van der Waals surface area contributed by atoms with Gasteiger partial charge in [-0.15, -0.1) is 0 Å². The molecule has 3 aromatic heterocycles. The Balaban J connectivity index is 1.36. The van der Waals surface area contributed by atoms with Gasteiger partial charge in [0.05, 0.1) is 30.0 Å². The van der Waals surface area contributed by atoms with E-state index in [0.717, 1.165) is 62.5 Å². The average molecular weight is 423 g/mol. The van der Waals surface area contributed by atoms with Gasteiger partial charge in [0.2, 0.25) is 5.95 Å². The fraction of sp³-hybridized carbons (Fsp3) is 0.455. The van der Waals surface area contributed by atoms with E-state index in [1.807, 2.05) is 23.0 Å². The predicted octanol–water partition coefficient (Wildman–Crippen LogP) is 3.27. The number of aromatic nitrogens is 5. The zero-order valence-corrected chi connectivity index (χ0v) is 17.9.